The van der Waals surface area contributed by atoms with Crippen LogP contribution in [0.15, 0.2) is 0 Å². The SMILES string of the molecule is CNCCC(C)C(C)=O. The number of hydrogen-bond donors (Lipinski definition) is 1. The molecule has 0 saturated carbocycles. The Balaban J connectivity index is 3.27. The van der Waals surface area contributed by atoms with Gasteiger partial charge in [-0.1, -0.05) is 6.92 Å². The molecule has 54 valence electrons. The van der Waals surface area contributed by atoms with E-state index in [0.717, 1.165) is 13.0 Å². The van der Waals surface area contributed by atoms with E-state index >= 15 is 0 Å². The molecule has 0 aromatic rings. The zero-order valence-electron chi connectivity index (χ0n) is 6.40. The van der Waals surface area contributed by atoms with Gasteiger partial charge in [-0.05, 0) is 26.9 Å². The van der Waals surface area contributed by atoms with E-state index in [2.05, 4.69) is 5.32 Å². The predicted octanol–water partition coefficient (Wildman–Crippen LogP) is 0.821. The summed E-state index contributed by atoms with van der Waals surface area (Å²) in [5.74, 6) is 0.503. The second-order valence-electron chi connectivity index (χ2n) is 2.40. The van der Waals surface area contributed by atoms with Gasteiger partial charge in [-0.15, -0.1) is 0 Å². The van der Waals surface area contributed by atoms with Crippen LogP contribution in [0.4, 0.5) is 0 Å². The van der Waals surface area contributed by atoms with Gasteiger partial charge < -0.3 is 5.32 Å². The molecule has 0 spiro atoms. The van der Waals surface area contributed by atoms with Crippen molar-refractivity contribution in [1.29, 1.82) is 0 Å². The van der Waals surface area contributed by atoms with E-state index < -0.39 is 0 Å². The normalized spacial score (nSPS) is 13.2. The first-order chi connectivity index (χ1) is 4.18. The maximum atomic E-state index is 10.6. The lowest BCUT2D eigenvalue weighted by Crippen LogP contribution is -2.15. The summed E-state index contributed by atoms with van der Waals surface area (Å²) < 4.78 is 0. The topological polar surface area (TPSA) is 29.1 Å². The number of carbonyl (C=O) groups excluding carboxylic acids is 1. The minimum Gasteiger partial charge on any atom is -0.320 e. The van der Waals surface area contributed by atoms with Crippen LogP contribution in [0.1, 0.15) is 20.3 Å². The Hall–Kier alpha value is -0.370. The molecule has 0 amide bonds. The van der Waals surface area contributed by atoms with Gasteiger partial charge in [0.2, 0.25) is 0 Å². The van der Waals surface area contributed by atoms with E-state index in [9.17, 15) is 4.79 Å². The maximum Gasteiger partial charge on any atom is 0.132 e. The average molecular weight is 129 g/mol. The fourth-order valence-electron chi connectivity index (χ4n) is 0.564. The van der Waals surface area contributed by atoms with Crippen molar-refractivity contribution < 1.29 is 4.79 Å². The van der Waals surface area contributed by atoms with Crippen molar-refractivity contribution >= 4 is 5.78 Å². The smallest absolute Gasteiger partial charge is 0.132 e. The average Bonchev–Trinajstić information content (AvgIpc) is 1.82. The third kappa shape index (κ3) is 4.15. The predicted molar refractivity (Wildman–Crippen MR) is 38.4 cm³/mol. The van der Waals surface area contributed by atoms with Gasteiger partial charge in [-0.3, -0.25) is 4.79 Å². The van der Waals surface area contributed by atoms with Crippen LogP contribution in [0.5, 0.6) is 0 Å². The van der Waals surface area contributed by atoms with Gasteiger partial charge in [-0.25, -0.2) is 0 Å². The quantitative estimate of drug-likeness (QED) is 0.609. The number of rotatable bonds is 4. The molecule has 0 saturated heterocycles. The van der Waals surface area contributed by atoms with Crippen molar-refractivity contribution in [2.24, 2.45) is 5.92 Å². The minimum absolute atomic E-state index is 0.220. The fourth-order valence-corrected chi connectivity index (χ4v) is 0.564. The largest absolute Gasteiger partial charge is 0.320 e. The van der Waals surface area contributed by atoms with Crippen LogP contribution >= 0.6 is 0 Å². The Morgan fingerprint density at radius 1 is 1.67 bits per heavy atom. The van der Waals surface area contributed by atoms with E-state index in [1.165, 1.54) is 0 Å². The molecule has 9 heavy (non-hydrogen) atoms. The number of Topliss-reactive ketones (excluding diaryl/α,β-unsaturated/α-hetero) is 1. The summed E-state index contributed by atoms with van der Waals surface area (Å²) >= 11 is 0. The molecule has 0 aliphatic carbocycles. The van der Waals surface area contributed by atoms with Gasteiger partial charge in [0.25, 0.3) is 0 Å². The molecule has 0 aromatic carbocycles. The van der Waals surface area contributed by atoms with Crippen molar-refractivity contribution in [2.45, 2.75) is 20.3 Å². The Bertz CT molecular complexity index is 90.9. The Kier molecular flexibility index (Phi) is 4.32. The molecule has 1 unspecified atom stereocenters. The fraction of sp³-hybridized carbons (Fsp3) is 0.857. The van der Waals surface area contributed by atoms with Crippen LogP contribution in [0.25, 0.3) is 0 Å². The first-order valence-electron chi connectivity index (χ1n) is 3.33. The minimum atomic E-state index is 0.220. The first-order valence-corrected chi connectivity index (χ1v) is 3.33. The summed E-state index contributed by atoms with van der Waals surface area (Å²) in [7, 11) is 1.90. The molecule has 0 radical (unpaired) electrons. The lowest BCUT2D eigenvalue weighted by atomic mass is 10.0. The van der Waals surface area contributed by atoms with Crippen LogP contribution in [0.2, 0.25) is 0 Å². The molecule has 0 aromatic heterocycles. The van der Waals surface area contributed by atoms with Crippen LogP contribution in [-0.4, -0.2) is 19.4 Å². The number of nitrogens with one attached hydrogen (secondary N) is 1. The second kappa shape index (κ2) is 4.50. The number of carbonyl (C=O) groups is 1. The van der Waals surface area contributed by atoms with Gasteiger partial charge >= 0.3 is 0 Å². The zero-order valence-corrected chi connectivity index (χ0v) is 6.40. The summed E-state index contributed by atoms with van der Waals surface area (Å²) in [5, 5.41) is 3.00. The number of hydrogen-bond acceptors (Lipinski definition) is 2. The summed E-state index contributed by atoms with van der Waals surface area (Å²) in [6, 6.07) is 0. The monoisotopic (exact) mass is 129 g/mol. The summed E-state index contributed by atoms with van der Waals surface area (Å²) in [5.41, 5.74) is 0. The third-order valence-electron chi connectivity index (χ3n) is 1.52. The lowest BCUT2D eigenvalue weighted by Gasteiger charge is -2.04. The third-order valence-corrected chi connectivity index (χ3v) is 1.52. The van der Waals surface area contributed by atoms with Crippen LogP contribution in [0, 0.1) is 5.92 Å². The molecule has 0 rings (SSSR count). The molecular weight excluding hydrogens is 114 g/mol. The Morgan fingerprint density at radius 3 is 2.56 bits per heavy atom. The highest BCUT2D eigenvalue weighted by Gasteiger charge is 2.04. The molecular formula is C7H15NO. The molecule has 2 heteroatoms. The second-order valence-corrected chi connectivity index (χ2v) is 2.40. The standard InChI is InChI=1S/C7H15NO/c1-6(7(2)9)4-5-8-3/h6,8H,4-5H2,1-3H3. The van der Waals surface area contributed by atoms with Gasteiger partial charge in [0.15, 0.2) is 0 Å². The van der Waals surface area contributed by atoms with Crippen molar-refractivity contribution in [2.75, 3.05) is 13.6 Å². The van der Waals surface area contributed by atoms with Crippen molar-refractivity contribution in [1.82, 2.24) is 5.32 Å². The van der Waals surface area contributed by atoms with E-state index in [-0.39, 0.29) is 11.7 Å². The van der Waals surface area contributed by atoms with E-state index in [0.29, 0.717) is 0 Å². The van der Waals surface area contributed by atoms with Crippen LogP contribution in [-0.2, 0) is 4.79 Å². The highest BCUT2D eigenvalue weighted by atomic mass is 16.1. The zero-order chi connectivity index (χ0) is 7.28. The first kappa shape index (κ1) is 8.63. The van der Waals surface area contributed by atoms with Crippen molar-refractivity contribution in [3.63, 3.8) is 0 Å². The van der Waals surface area contributed by atoms with Crippen molar-refractivity contribution in [3.05, 3.63) is 0 Å². The molecule has 0 heterocycles. The van der Waals surface area contributed by atoms with E-state index in [1.807, 2.05) is 14.0 Å². The molecule has 0 aliphatic heterocycles. The van der Waals surface area contributed by atoms with Crippen molar-refractivity contribution in [3.8, 4) is 0 Å². The molecule has 2 nitrogen and oxygen atoms in total. The van der Waals surface area contributed by atoms with Crippen LogP contribution < -0.4 is 5.32 Å². The summed E-state index contributed by atoms with van der Waals surface area (Å²) in [4.78, 5) is 10.6. The van der Waals surface area contributed by atoms with Gasteiger partial charge in [-0.2, -0.15) is 0 Å². The maximum absolute atomic E-state index is 10.6. The molecule has 0 bridgehead atoms. The van der Waals surface area contributed by atoms with Gasteiger partial charge in [0, 0.05) is 5.92 Å². The van der Waals surface area contributed by atoms with E-state index in [4.69, 9.17) is 0 Å². The van der Waals surface area contributed by atoms with Gasteiger partial charge in [0.1, 0.15) is 5.78 Å². The molecule has 1 atom stereocenters. The summed E-state index contributed by atoms with van der Waals surface area (Å²) in [6.07, 6.45) is 0.950. The molecule has 0 fully saturated rings. The lowest BCUT2D eigenvalue weighted by molar-refractivity contribution is -0.120. The van der Waals surface area contributed by atoms with Crippen LogP contribution in [0.3, 0.4) is 0 Å². The number of ketones is 1. The van der Waals surface area contributed by atoms with E-state index in [1.54, 1.807) is 6.92 Å². The highest BCUT2D eigenvalue weighted by Crippen LogP contribution is 2.00. The summed E-state index contributed by atoms with van der Waals surface area (Å²) in [6.45, 7) is 4.53. The molecule has 1 N–H and O–H groups in total. The highest BCUT2D eigenvalue weighted by molar-refractivity contribution is 5.77. The van der Waals surface area contributed by atoms with Gasteiger partial charge in [0.05, 0.1) is 0 Å². The molecule has 0 aliphatic rings. The Labute approximate surface area is 56.6 Å². The Morgan fingerprint density at radius 2 is 2.22 bits per heavy atom.